The molecule has 50 valence electrons. The summed E-state index contributed by atoms with van der Waals surface area (Å²) in [7, 11) is 0. The smallest absolute Gasteiger partial charge is 0 e. The summed E-state index contributed by atoms with van der Waals surface area (Å²) in [6.45, 7) is -5.35. The van der Waals surface area contributed by atoms with Crippen molar-refractivity contribution in [3.05, 3.63) is 0 Å². The minimum Gasteiger partial charge on any atom is 0 e. The molecule has 8 heteroatoms. The summed E-state index contributed by atoms with van der Waals surface area (Å²) >= 11 is -1.22. The SMILES string of the molecule is O=[P+]([O-])[Se][P+](=O)[O-].[Ni]. The van der Waals surface area contributed by atoms with Crippen LogP contribution in [0.5, 0.6) is 0 Å². The van der Waals surface area contributed by atoms with E-state index in [0.29, 0.717) is 0 Å². The summed E-state index contributed by atoms with van der Waals surface area (Å²) in [5.41, 5.74) is 0. The molecule has 0 aliphatic carbocycles. The fourth-order valence-corrected chi connectivity index (χ4v) is 2.55. The summed E-state index contributed by atoms with van der Waals surface area (Å²) in [5, 5.41) is 0. The van der Waals surface area contributed by atoms with Gasteiger partial charge >= 0.3 is 46.4 Å². The van der Waals surface area contributed by atoms with Gasteiger partial charge < -0.3 is 0 Å². The van der Waals surface area contributed by atoms with Crippen LogP contribution in [0.25, 0.3) is 0 Å². The van der Waals surface area contributed by atoms with E-state index in [1.807, 2.05) is 0 Å². The van der Waals surface area contributed by atoms with Crippen molar-refractivity contribution in [1.29, 1.82) is 0 Å². The van der Waals surface area contributed by atoms with E-state index in [1.54, 1.807) is 0 Å². The molecule has 0 aliphatic heterocycles. The van der Waals surface area contributed by atoms with Crippen molar-refractivity contribution < 1.29 is 35.4 Å². The van der Waals surface area contributed by atoms with Crippen molar-refractivity contribution >= 4 is 27.5 Å². The van der Waals surface area contributed by atoms with E-state index in [4.69, 9.17) is 0 Å². The van der Waals surface area contributed by atoms with Crippen LogP contribution >= 0.6 is 13.4 Å². The minimum atomic E-state index is -2.67. The summed E-state index contributed by atoms with van der Waals surface area (Å²) < 4.78 is 19.0. The average Bonchev–Trinajstić information content (AvgIpc) is 1.27. The first-order chi connectivity index (χ1) is 3.13. The van der Waals surface area contributed by atoms with E-state index in [9.17, 15) is 18.9 Å². The Balaban J connectivity index is 0. The first-order valence-corrected chi connectivity index (χ1v) is 7.88. The van der Waals surface area contributed by atoms with Crippen LogP contribution in [0, 0.1) is 0 Å². The number of rotatable bonds is 2. The Labute approximate surface area is 63.1 Å². The molecule has 0 N–H and O–H groups in total. The van der Waals surface area contributed by atoms with Gasteiger partial charge in [0.25, 0.3) is 0 Å². The first-order valence-electron chi connectivity index (χ1n) is 1.10. The van der Waals surface area contributed by atoms with Crippen LogP contribution in [0.4, 0.5) is 0 Å². The van der Waals surface area contributed by atoms with Crippen LogP contribution in [0.1, 0.15) is 0 Å². The van der Waals surface area contributed by atoms with Gasteiger partial charge in [0.2, 0.25) is 0 Å². The Morgan fingerprint density at radius 3 is 1.38 bits per heavy atom. The van der Waals surface area contributed by atoms with E-state index in [-0.39, 0.29) is 16.5 Å². The summed E-state index contributed by atoms with van der Waals surface area (Å²) in [6.07, 6.45) is 0. The molecule has 2 atom stereocenters. The molecule has 0 amide bonds. The number of hydrogen-bond donors (Lipinski definition) is 0. The summed E-state index contributed by atoms with van der Waals surface area (Å²) in [6, 6.07) is 0. The van der Waals surface area contributed by atoms with Gasteiger partial charge in [-0.3, -0.25) is 0 Å². The summed E-state index contributed by atoms with van der Waals surface area (Å²) in [4.78, 5) is 19.0. The van der Waals surface area contributed by atoms with Gasteiger partial charge in [-0.25, -0.2) is 0 Å². The molecule has 0 aliphatic rings. The second-order valence-corrected chi connectivity index (χ2v) is 8.91. The van der Waals surface area contributed by atoms with Crippen LogP contribution in [0.2, 0.25) is 0 Å². The summed E-state index contributed by atoms with van der Waals surface area (Å²) in [5.74, 6) is 0. The van der Waals surface area contributed by atoms with Crippen molar-refractivity contribution in [2.24, 2.45) is 0 Å². The maximum Gasteiger partial charge on any atom is 0 e. The van der Waals surface area contributed by atoms with Gasteiger partial charge in [0.1, 0.15) is 0 Å². The predicted molar refractivity (Wildman–Crippen MR) is 21.0 cm³/mol. The Hall–Kier alpha value is 1.13. The maximum absolute atomic E-state index is 9.49. The molecule has 0 rings (SSSR count). The average molecular weight is 264 g/mol. The van der Waals surface area contributed by atoms with Crippen molar-refractivity contribution in [2.75, 3.05) is 0 Å². The maximum atomic E-state index is 9.49. The van der Waals surface area contributed by atoms with Crippen molar-refractivity contribution in [3.63, 3.8) is 0 Å². The molecular weight excluding hydrogens is 264 g/mol. The van der Waals surface area contributed by atoms with E-state index in [1.165, 1.54) is 0 Å². The van der Waals surface area contributed by atoms with Crippen LogP contribution in [0.3, 0.4) is 0 Å². The van der Waals surface area contributed by atoms with Crippen LogP contribution in [-0.2, 0) is 25.6 Å². The number of hydrogen-bond acceptors (Lipinski definition) is 4. The molecule has 0 aromatic carbocycles. The van der Waals surface area contributed by atoms with E-state index >= 15 is 0 Å². The largest absolute Gasteiger partial charge is 0 e. The molecule has 0 radical (unpaired) electrons. The normalized spacial score (nSPS) is 11.8. The molecule has 0 aromatic heterocycles. The zero-order chi connectivity index (χ0) is 5.86. The molecule has 0 saturated heterocycles. The monoisotopic (exact) mass is 264 g/mol. The minimum absolute atomic E-state index is 0. The van der Waals surface area contributed by atoms with Gasteiger partial charge in [-0.15, -0.1) is 0 Å². The molecule has 0 heterocycles. The molecule has 0 saturated carbocycles. The van der Waals surface area contributed by atoms with Crippen LogP contribution in [-0.4, -0.2) is 14.1 Å². The van der Waals surface area contributed by atoms with Crippen LogP contribution < -0.4 is 9.79 Å². The molecule has 0 aromatic rings. The molecule has 0 bridgehead atoms. The quantitative estimate of drug-likeness (QED) is 0.459. The van der Waals surface area contributed by atoms with E-state index in [0.717, 1.165) is 0 Å². The van der Waals surface area contributed by atoms with Gasteiger partial charge in [-0.1, -0.05) is 0 Å². The Morgan fingerprint density at radius 1 is 1.12 bits per heavy atom. The van der Waals surface area contributed by atoms with E-state index < -0.39 is 27.5 Å². The van der Waals surface area contributed by atoms with Gasteiger partial charge in [-0.05, 0) is 0 Å². The van der Waals surface area contributed by atoms with E-state index in [2.05, 4.69) is 0 Å². The predicted octanol–water partition coefficient (Wildman–Crippen LogP) is -1.28. The second kappa shape index (κ2) is 6.26. The molecule has 0 fully saturated rings. The van der Waals surface area contributed by atoms with Crippen molar-refractivity contribution in [3.8, 4) is 0 Å². The fraction of sp³-hybridized carbons (Fsp3) is 0. The molecule has 0 spiro atoms. The van der Waals surface area contributed by atoms with Crippen molar-refractivity contribution in [2.45, 2.75) is 0 Å². The third kappa shape index (κ3) is 10.2. The van der Waals surface area contributed by atoms with Gasteiger partial charge in [0.05, 0.1) is 0 Å². The fourth-order valence-electron chi connectivity index (χ4n) is 0.0544. The van der Waals surface area contributed by atoms with Gasteiger partial charge in [0, 0.05) is 16.5 Å². The standard InChI is InChI=1S/Ni.O4P2Se/c;1-5(2)7-6(3)4. The van der Waals surface area contributed by atoms with Gasteiger partial charge in [-0.2, -0.15) is 0 Å². The molecule has 2 unspecified atom stereocenters. The zero-order valence-electron chi connectivity index (χ0n) is 3.25. The molecule has 4 nitrogen and oxygen atoms in total. The van der Waals surface area contributed by atoms with Gasteiger partial charge in [0.15, 0.2) is 0 Å². The zero-order valence-corrected chi connectivity index (χ0v) is 7.74. The van der Waals surface area contributed by atoms with Crippen LogP contribution in [0.15, 0.2) is 0 Å². The topological polar surface area (TPSA) is 80.3 Å². The Bertz CT molecular complexity index is 90.2. The van der Waals surface area contributed by atoms with Crippen molar-refractivity contribution in [1.82, 2.24) is 0 Å². The molecular formula is NiO4P2Se. The first kappa shape index (κ1) is 11.9. The second-order valence-electron chi connectivity index (χ2n) is 0.529. The molecule has 8 heavy (non-hydrogen) atoms. The Morgan fingerprint density at radius 2 is 1.38 bits per heavy atom. The Kier molecular flexibility index (Phi) is 9.28. The third-order valence-corrected chi connectivity index (χ3v) is 6.24. The third-order valence-electron chi connectivity index (χ3n) is 0.133.